The van der Waals surface area contributed by atoms with Crippen LogP contribution in [0.2, 0.25) is 0 Å². The number of anilines is 1. The van der Waals surface area contributed by atoms with Crippen LogP contribution < -0.4 is 11.1 Å². The zero-order chi connectivity index (χ0) is 12.9. The topological polar surface area (TPSA) is 56.5 Å². The van der Waals surface area contributed by atoms with Crippen molar-refractivity contribution in [3.05, 3.63) is 28.7 Å². The Labute approximate surface area is 111 Å². The van der Waals surface area contributed by atoms with Gasteiger partial charge in [-0.25, -0.2) is 0 Å². The average Bonchev–Trinajstić information content (AvgIpc) is 2.33. The van der Waals surface area contributed by atoms with E-state index in [4.69, 9.17) is 15.2 Å². The lowest BCUT2D eigenvalue weighted by atomic mass is 10.0. The molecule has 1 rings (SSSR count). The molecule has 1 aromatic carbocycles. The van der Waals surface area contributed by atoms with Gasteiger partial charge in [-0.15, -0.1) is 0 Å². The van der Waals surface area contributed by atoms with Crippen molar-refractivity contribution < 1.29 is 9.47 Å². The summed E-state index contributed by atoms with van der Waals surface area (Å²) in [5, 5.41) is 3.35. The van der Waals surface area contributed by atoms with E-state index in [9.17, 15) is 0 Å². The number of nitrogens with one attached hydrogen (secondary N) is 1. The third-order valence-corrected chi connectivity index (χ3v) is 3.36. The Morgan fingerprint density at radius 2 is 1.94 bits per heavy atom. The normalized spacial score (nSPS) is 14.7. The van der Waals surface area contributed by atoms with Crippen LogP contribution in [-0.4, -0.2) is 32.6 Å². The highest BCUT2D eigenvalue weighted by Gasteiger charge is 2.33. The van der Waals surface area contributed by atoms with E-state index >= 15 is 0 Å². The van der Waals surface area contributed by atoms with Gasteiger partial charge in [-0.2, -0.15) is 0 Å². The SMILES string of the molecule is COC(OC)C(C)(CN)Nc1ccccc1Br. The van der Waals surface area contributed by atoms with Crippen LogP contribution in [0.15, 0.2) is 28.7 Å². The van der Waals surface area contributed by atoms with Gasteiger partial charge in [0.15, 0.2) is 6.29 Å². The maximum Gasteiger partial charge on any atom is 0.180 e. The molecular formula is C12H19BrN2O2. The van der Waals surface area contributed by atoms with Gasteiger partial charge in [0.25, 0.3) is 0 Å². The molecule has 1 aromatic rings. The van der Waals surface area contributed by atoms with Crippen LogP contribution in [0.4, 0.5) is 5.69 Å². The smallest absolute Gasteiger partial charge is 0.180 e. The molecule has 0 amide bonds. The first kappa shape index (κ1) is 14.4. The predicted octanol–water partition coefficient (Wildman–Crippen LogP) is 2.20. The predicted molar refractivity (Wildman–Crippen MR) is 73.0 cm³/mol. The number of nitrogens with two attached hydrogens (primary N) is 1. The van der Waals surface area contributed by atoms with E-state index in [2.05, 4.69) is 21.2 Å². The van der Waals surface area contributed by atoms with Gasteiger partial charge >= 0.3 is 0 Å². The zero-order valence-corrected chi connectivity index (χ0v) is 12.0. The van der Waals surface area contributed by atoms with Crippen LogP contribution in [0.3, 0.4) is 0 Å². The molecule has 1 unspecified atom stereocenters. The van der Waals surface area contributed by atoms with Crippen molar-refractivity contribution in [2.24, 2.45) is 5.73 Å². The lowest BCUT2D eigenvalue weighted by Crippen LogP contribution is -2.54. The van der Waals surface area contributed by atoms with Gasteiger partial charge in [-0.3, -0.25) is 0 Å². The summed E-state index contributed by atoms with van der Waals surface area (Å²) in [5.41, 5.74) is 6.28. The fraction of sp³-hybridized carbons (Fsp3) is 0.500. The molecule has 0 aliphatic heterocycles. The van der Waals surface area contributed by atoms with Crippen molar-refractivity contribution >= 4 is 21.6 Å². The van der Waals surface area contributed by atoms with Gasteiger partial charge in [0.05, 0.1) is 5.54 Å². The monoisotopic (exact) mass is 302 g/mol. The fourth-order valence-corrected chi connectivity index (χ4v) is 2.08. The van der Waals surface area contributed by atoms with Gasteiger partial charge in [0.1, 0.15) is 0 Å². The highest BCUT2D eigenvalue weighted by molar-refractivity contribution is 9.10. The van der Waals surface area contributed by atoms with Crippen molar-refractivity contribution in [2.45, 2.75) is 18.8 Å². The highest BCUT2D eigenvalue weighted by Crippen LogP contribution is 2.26. The van der Waals surface area contributed by atoms with Crippen molar-refractivity contribution in [1.29, 1.82) is 0 Å². The number of para-hydroxylation sites is 1. The summed E-state index contributed by atoms with van der Waals surface area (Å²) in [5.74, 6) is 0. The zero-order valence-electron chi connectivity index (χ0n) is 10.4. The van der Waals surface area contributed by atoms with Crippen LogP contribution in [0.25, 0.3) is 0 Å². The van der Waals surface area contributed by atoms with Gasteiger partial charge in [-0.05, 0) is 35.0 Å². The summed E-state index contributed by atoms with van der Waals surface area (Å²) in [6, 6.07) is 7.85. The van der Waals surface area contributed by atoms with Crippen molar-refractivity contribution in [3.63, 3.8) is 0 Å². The molecule has 0 aliphatic carbocycles. The first-order valence-corrected chi connectivity index (χ1v) is 6.15. The van der Waals surface area contributed by atoms with Gasteiger partial charge in [0, 0.05) is 30.9 Å². The molecule has 0 aliphatic rings. The quantitative estimate of drug-likeness (QED) is 0.791. The molecular weight excluding hydrogens is 284 g/mol. The van der Waals surface area contributed by atoms with E-state index in [1.807, 2.05) is 31.2 Å². The molecule has 0 heterocycles. The van der Waals surface area contributed by atoms with Crippen molar-refractivity contribution in [2.75, 3.05) is 26.1 Å². The Balaban J connectivity index is 2.92. The average molecular weight is 303 g/mol. The van der Waals surface area contributed by atoms with Crippen molar-refractivity contribution in [3.8, 4) is 0 Å². The van der Waals surface area contributed by atoms with E-state index < -0.39 is 11.8 Å². The molecule has 0 saturated carbocycles. The third-order valence-electron chi connectivity index (χ3n) is 2.67. The number of methoxy groups -OCH3 is 2. The Bertz CT molecular complexity index is 358. The van der Waals surface area contributed by atoms with Gasteiger partial charge in [0.2, 0.25) is 0 Å². The fourth-order valence-electron chi connectivity index (χ4n) is 1.69. The number of benzene rings is 1. The van der Waals surface area contributed by atoms with Crippen LogP contribution in [0.5, 0.6) is 0 Å². The van der Waals surface area contributed by atoms with E-state index in [0.29, 0.717) is 6.54 Å². The number of hydrogen-bond donors (Lipinski definition) is 2. The molecule has 96 valence electrons. The number of hydrogen-bond acceptors (Lipinski definition) is 4. The molecule has 0 fully saturated rings. The largest absolute Gasteiger partial charge is 0.373 e. The van der Waals surface area contributed by atoms with Crippen LogP contribution in [-0.2, 0) is 9.47 Å². The Morgan fingerprint density at radius 3 is 2.41 bits per heavy atom. The maximum atomic E-state index is 5.82. The highest BCUT2D eigenvalue weighted by atomic mass is 79.9. The molecule has 3 N–H and O–H groups in total. The Morgan fingerprint density at radius 1 is 1.35 bits per heavy atom. The van der Waals surface area contributed by atoms with Crippen molar-refractivity contribution in [1.82, 2.24) is 0 Å². The minimum atomic E-state index is -0.493. The summed E-state index contributed by atoms with van der Waals surface area (Å²) in [6.45, 7) is 2.35. The molecule has 0 bridgehead atoms. The van der Waals surface area contributed by atoms with Crippen LogP contribution in [0, 0.1) is 0 Å². The second kappa shape index (κ2) is 6.35. The first-order valence-electron chi connectivity index (χ1n) is 5.35. The molecule has 0 aromatic heterocycles. The van der Waals surface area contributed by atoms with E-state index in [1.54, 1.807) is 14.2 Å². The summed E-state index contributed by atoms with van der Waals surface area (Å²) in [6.07, 6.45) is -0.417. The standard InChI is InChI=1S/C12H19BrN2O2/c1-12(8-14,11(16-2)17-3)15-10-7-5-4-6-9(10)13/h4-7,11,15H,8,14H2,1-3H3. The van der Waals surface area contributed by atoms with Crippen LogP contribution in [0.1, 0.15) is 6.92 Å². The lowest BCUT2D eigenvalue weighted by Gasteiger charge is -2.36. The summed E-state index contributed by atoms with van der Waals surface area (Å²) >= 11 is 3.49. The van der Waals surface area contributed by atoms with Crippen LogP contribution >= 0.6 is 15.9 Å². The molecule has 5 heteroatoms. The summed E-state index contributed by atoms with van der Waals surface area (Å²) in [7, 11) is 3.20. The number of ether oxygens (including phenoxy) is 2. The van der Waals surface area contributed by atoms with E-state index in [0.717, 1.165) is 10.2 Å². The molecule has 1 atom stereocenters. The Kier molecular flexibility index (Phi) is 5.39. The summed E-state index contributed by atoms with van der Waals surface area (Å²) < 4.78 is 11.6. The second-order valence-corrected chi connectivity index (χ2v) is 4.88. The molecule has 17 heavy (non-hydrogen) atoms. The number of rotatable bonds is 6. The van der Waals surface area contributed by atoms with Gasteiger partial charge in [-0.1, -0.05) is 12.1 Å². The molecule has 0 radical (unpaired) electrons. The molecule has 0 spiro atoms. The maximum absolute atomic E-state index is 5.82. The van der Waals surface area contributed by atoms with E-state index in [1.165, 1.54) is 0 Å². The Hall–Kier alpha value is -0.620. The molecule has 0 saturated heterocycles. The number of halogens is 1. The second-order valence-electron chi connectivity index (χ2n) is 4.03. The first-order chi connectivity index (χ1) is 8.07. The van der Waals surface area contributed by atoms with Gasteiger partial charge < -0.3 is 20.5 Å². The van der Waals surface area contributed by atoms with E-state index in [-0.39, 0.29) is 0 Å². The molecule has 4 nitrogen and oxygen atoms in total. The lowest BCUT2D eigenvalue weighted by molar-refractivity contribution is -0.134. The summed E-state index contributed by atoms with van der Waals surface area (Å²) in [4.78, 5) is 0. The minimum absolute atomic E-state index is 0.390. The third kappa shape index (κ3) is 3.42. The minimum Gasteiger partial charge on any atom is -0.373 e.